The first-order chi connectivity index (χ1) is 10.8. The van der Waals surface area contributed by atoms with Crippen LogP contribution < -0.4 is 5.73 Å². The Balaban J connectivity index is 2.07. The largest absolute Gasteiger partial charge is 0.384 e. The van der Waals surface area contributed by atoms with Gasteiger partial charge in [0.2, 0.25) is 5.78 Å². The van der Waals surface area contributed by atoms with Gasteiger partial charge in [-0.15, -0.1) is 0 Å². The van der Waals surface area contributed by atoms with Crippen molar-refractivity contribution in [2.75, 3.05) is 5.73 Å². The van der Waals surface area contributed by atoms with E-state index in [9.17, 15) is 0 Å². The third-order valence-electron chi connectivity index (χ3n) is 3.39. The maximum atomic E-state index is 5.77. The lowest BCUT2D eigenvalue weighted by Gasteiger charge is -2.04. The molecule has 106 valence electrons. The van der Waals surface area contributed by atoms with Crippen molar-refractivity contribution in [1.82, 2.24) is 24.3 Å². The highest BCUT2D eigenvalue weighted by molar-refractivity contribution is 5.79. The van der Waals surface area contributed by atoms with E-state index in [2.05, 4.69) is 19.9 Å². The van der Waals surface area contributed by atoms with E-state index < -0.39 is 0 Å². The monoisotopic (exact) mass is 288 g/mol. The van der Waals surface area contributed by atoms with E-state index in [4.69, 9.17) is 5.73 Å². The molecule has 0 aliphatic carbocycles. The summed E-state index contributed by atoms with van der Waals surface area (Å²) < 4.78 is 1.89. The number of nitrogen functional groups attached to an aromatic ring is 1. The number of rotatable bonds is 2. The molecule has 22 heavy (non-hydrogen) atoms. The Hall–Kier alpha value is -3.28. The number of imidazole rings is 1. The fourth-order valence-electron chi connectivity index (χ4n) is 2.42. The molecule has 0 saturated carbocycles. The summed E-state index contributed by atoms with van der Waals surface area (Å²) in [5.74, 6) is 0.985. The van der Waals surface area contributed by atoms with Gasteiger partial charge < -0.3 is 5.73 Å². The lowest BCUT2D eigenvalue weighted by molar-refractivity contribution is 1.09. The van der Waals surface area contributed by atoms with Gasteiger partial charge in [-0.05, 0) is 12.1 Å². The van der Waals surface area contributed by atoms with Crippen molar-refractivity contribution in [2.24, 2.45) is 0 Å². The number of hydrogen-bond donors (Lipinski definition) is 1. The Bertz CT molecular complexity index is 931. The van der Waals surface area contributed by atoms with Gasteiger partial charge in [0.15, 0.2) is 0 Å². The smallest absolute Gasteiger partial charge is 0.236 e. The molecule has 2 N–H and O–H groups in total. The summed E-state index contributed by atoms with van der Waals surface area (Å²) in [4.78, 5) is 17.3. The predicted molar refractivity (Wildman–Crippen MR) is 83.9 cm³/mol. The van der Waals surface area contributed by atoms with E-state index in [1.165, 1.54) is 6.33 Å². The fourth-order valence-corrected chi connectivity index (χ4v) is 2.42. The standard InChI is InChI=1S/C16H12N6/c17-13-7-9-22-15(12-6-8-18-10-19-12)14(21-16(22)20-13)11-4-2-1-3-5-11/h1-10H,(H2,17,20,21). The molecule has 0 spiro atoms. The summed E-state index contributed by atoms with van der Waals surface area (Å²) in [7, 11) is 0. The maximum Gasteiger partial charge on any atom is 0.236 e. The van der Waals surface area contributed by atoms with E-state index in [0.29, 0.717) is 11.6 Å². The van der Waals surface area contributed by atoms with Crippen molar-refractivity contribution in [3.63, 3.8) is 0 Å². The van der Waals surface area contributed by atoms with Crippen LogP contribution in [0.3, 0.4) is 0 Å². The first-order valence-corrected chi connectivity index (χ1v) is 6.79. The van der Waals surface area contributed by atoms with E-state index in [-0.39, 0.29) is 0 Å². The van der Waals surface area contributed by atoms with Gasteiger partial charge in [0.05, 0.1) is 5.69 Å². The van der Waals surface area contributed by atoms with Crippen molar-refractivity contribution < 1.29 is 0 Å². The van der Waals surface area contributed by atoms with Crippen molar-refractivity contribution in [3.05, 3.63) is 61.2 Å². The molecule has 4 aromatic rings. The molecule has 4 rings (SSSR count). The number of nitrogens with zero attached hydrogens (tertiary/aromatic N) is 5. The van der Waals surface area contributed by atoms with Gasteiger partial charge in [-0.25, -0.2) is 15.0 Å². The molecule has 0 saturated heterocycles. The number of benzene rings is 1. The second-order valence-electron chi connectivity index (χ2n) is 4.79. The Morgan fingerprint density at radius 2 is 1.82 bits per heavy atom. The van der Waals surface area contributed by atoms with Gasteiger partial charge in [-0.3, -0.25) is 4.40 Å². The second-order valence-corrected chi connectivity index (χ2v) is 4.79. The van der Waals surface area contributed by atoms with Gasteiger partial charge in [0.25, 0.3) is 0 Å². The van der Waals surface area contributed by atoms with Gasteiger partial charge in [0, 0.05) is 18.0 Å². The predicted octanol–water partition coefficient (Wildman–Crippen LogP) is 2.44. The Kier molecular flexibility index (Phi) is 2.79. The first kappa shape index (κ1) is 12.5. The molecule has 0 fully saturated rings. The molecule has 3 heterocycles. The topological polar surface area (TPSA) is 82.0 Å². The van der Waals surface area contributed by atoms with Crippen molar-refractivity contribution >= 4 is 11.6 Å². The summed E-state index contributed by atoms with van der Waals surface area (Å²) in [5.41, 5.74) is 9.24. The van der Waals surface area contributed by atoms with Crippen LogP contribution in [0.5, 0.6) is 0 Å². The molecule has 6 heteroatoms. The van der Waals surface area contributed by atoms with Gasteiger partial charge in [-0.1, -0.05) is 30.3 Å². The van der Waals surface area contributed by atoms with Crippen LogP contribution in [0.1, 0.15) is 0 Å². The van der Waals surface area contributed by atoms with Crippen LogP contribution in [0.15, 0.2) is 61.2 Å². The highest BCUT2D eigenvalue weighted by atomic mass is 15.1. The molecule has 0 atom stereocenters. The Morgan fingerprint density at radius 3 is 2.59 bits per heavy atom. The summed E-state index contributed by atoms with van der Waals surface area (Å²) in [6.07, 6.45) is 5.09. The minimum atomic E-state index is 0.436. The third-order valence-corrected chi connectivity index (χ3v) is 3.39. The number of anilines is 1. The Labute approximate surface area is 126 Å². The molecule has 0 unspecified atom stereocenters. The van der Waals surface area contributed by atoms with Gasteiger partial charge >= 0.3 is 0 Å². The zero-order valence-electron chi connectivity index (χ0n) is 11.6. The van der Waals surface area contributed by atoms with Crippen LogP contribution in [-0.2, 0) is 0 Å². The highest BCUT2D eigenvalue weighted by Gasteiger charge is 2.17. The molecule has 1 aromatic carbocycles. The fraction of sp³-hybridized carbons (Fsp3) is 0. The van der Waals surface area contributed by atoms with Crippen LogP contribution >= 0.6 is 0 Å². The van der Waals surface area contributed by atoms with Crippen molar-refractivity contribution in [2.45, 2.75) is 0 Å². The quantitative estimate of drug-likeness (QED) is 0.612. The summed E-state index contributed by atoms with van der Waals surface area (Å²) in [6, 6.07) is 13.5. The minimum Gasteiger partial charge on any atom is -0.384 e. The van der Waals surface area contributed by atoms with Crippen LogP contribution in [-0.4, -0.2) is 24.3 Å². The zero-order valence-corrected chi connectivity index (χ0v) is 11.6. The van der Waals surface area contributed by atoms with E-state index >= 15 is 0 Å². The summed E-state index contributed by atoms with van der Waals surface area (Å²) in [5, 5.41) is 0. The number of aromatic nitrogens is 5. The van der Waals surface area contributed by atoms with Gasteiger partial charge in [-0.2, -0.15) is 4.98 Å². The van der Waals surface area contributed by atoms with Crippen molar-refractivity contribution in [3.8, 4) is 22.6 Å². The van der Waals surface area contributed by atoms with Crippen LogP contribution in [0.2, 0.25) is 0 Å². The molecule has 3 aromatic heterocycles. The average molecular weight is 288 g/mol. The third kappa shape index (κ3) is 1.98. The lowest BCUT2D eigenvalue weighted by Crippen LogP contribution is -1.96. The normalized spacial score (nSPS) is 10.9. The molecular weight excluding hydrogens is 276 g/mol. The molecule has 0 aliphatic heterocycles. The highest BCUT2D eigenvalue weighted by Crippen LogP contribution is 2.30. The molecule has 0 radical (unpaired) electrons. The van der Waals surface area contributed by atoms with Crippen LogP contribution in [0.4, 0.5) is 5.82 Å². The van der Waals surface area contributed by atoms with Crippen LogP contribution in [0.25, 0.3) is 28.4 Å². The SMILES string of the molecule is Nc1ccn2c(-c3ccncn3)c(-c3ccccc3)nc2n1. The number of hydrogen-bond acceptors (Lipinski definition) is 5. The van der Waals surface area contributed by atoms with Gasteiger partial charge in [0.1, 0.15) is 23.5 Å². The van der Waals surface area contributed by atoms with E-state index in [1.807, 2.05) is 47.0 Å². The second kappa shape index (κ2) is 4.92. The van der Waals surface area contributed by atoms with Crippen LogP contribution in [0, 0.1) is 0 Å². The molecule has 0 amide bonds. The summed E-state index contributed by atoms with van der Waals surface area (Å²) in [6.45, 7) is 0. The van der Waals surface area contributed by atoms with Crippen molar-refractivity contribution in [1.29, 1.82) is 0 Å². The maximum absolute atomic E-state index is 5.77. The molecule has 0 bridgehead atoms. The van der Waals surface area contributed by atoms with E-state index in [0.717, 1.165) is 22.6 Å². The number of nitrogens with two attached hydrogens (primary N) is 1. The number of fused-ring (bicyclic) bond motifs is 1. The lowest BCUT2D eigenvalue weighted by atomic mass is 10.1. The summed E-state index contributed by atoms with van der Waals surface area (Å²) >= 11 is 0. The van der Waals surface area contributed by atoms with E-state index in [1.54, 1.807) is 12.3 Å². The minimum absolute atomic E-state index is 0.436. The first-order valence-electron chi connectivity index (χ1n) is 6.79. The Morgan fingerprint density at radius 1 is 0.955 bits per heavy atom. The molecular formula is C16H12N6. The molecule has 0 aliphatic rings. The molecule has 6 nitrogen and oxygen atoms in total. The zero-order chi connectivity index (χ0) is 14.9. The average Bonchev–Trinajstić information content (AvgIpc) is 2.95.